The fourth-order valence-electron chi connectivity index (χ4n) is 3.92. The molecule has 0 spiro atoms. The van der Waals surface area contributed by atoms with E-state index in [1.807, 2.05) is 49.4 Å². The Morgan fingerprint density at radius 3 is 2.40 bits per heavy atom. The zero-order valence-corrected chi connectivity index (χ0v) is 20.2. The summed E-state index contributed by atoms with van der Waals surface area (Å²) >= 11 is 0. The first kappa shape index (κ1) is 24.2. The van der Waals surface area contributed by atoms with E-state index in [9.17, 15) is 9.59 Å². The topological polar surface area (TPSA) is 82.5 Å². The summed E-state index contributed by atoms with van der Waals surface area (Å²) in [5, 5.41) is 9.74. The highest BCUT2D eigenvalue weighted by Gasteiger charge is 2.19. The first-order valence-electron chi connectivity index (χ1n) is 11.7. The predicted octanol–water partition coefficient (Wildman–Crippen LogP) is 5.02. The van der Waals surface area contributed by atoms with Gasteiger partial charge in [-0.25, -0.2) is 9.48 Å². The summed E-state index contributed by atoms with van der Waals surface area (Å²) in [7, 11) is 1.62. The lowest BCUT2D eigenvalue weighted by molar-refractivity contribution is 0.0518. The highest BCUT2D eigenvalue weighted by molar-refractivity contribution is 5.95. The minimum absolute atomic E-state index is 0.0510. The Hall–Kier alpha value is -3.97. The molecule has 0 aliphatic rings. The van der Waals surface area contributed by atoms with E-state index >= 15 is 0 Å². The standard InChI is InChI=1S/C28H29N3O4/c1-4-23(18-34-3)29-27(32)20-12-14-24(15-13-20)31-26(17-25(30-31)28(33)35-5-2)22-11-10-19-8-6-7-9-21(19)16-22/h6-17,23H,4-5,18H2,1-3H3,(H,29,32). The summed E-state index contributed by atoms with van der Waals surface area (Å²) in [6.45, 7) is 4.49. The number of rotatable bonds is 9. The molecule has 1 unspecified atom stereocenters. The SMILES string of the molecule is CCOC(=O)c1cc(-c2ccc3ccccc3c2)n(-c2ccc(C(=O)NC(CC)COC)cc2)n1. The molecule has 0 saturated heterocycles. The van der Waals surface area contributed by atoms with Gasteiger partial charge in [-0.05, 0) is 60.5 Å². The van der Waals surface area contributed by atoms with E-state index in [1.54, 1.807) is 36.9 Å². The van der Waals surface area contributed by atoms with Crippen molar-refractivity contribution < 1.29 is 19.1 Å². The Bertz CT molecular complexity index is 1330. The van der Waals surface area contributed by atoms with Gasteiger partial charge < -0.3 is 14.8 Å². The molecule has 1 atom stereocenters. The molecule has 7 nitrogen and oxygen atoms in total. The second kappa shape index (κ2) is 11.0. The third-order valence-corrected chi connectivity index (χ3v) is 5.81. The molecular weight excluding hydrogens is 442 g/mol. The van der Waals surface area contributed by atoms with Crippen molar-refractivity contribution in [1.82, 2.24) is 15.1 Å². The molecule has 4 aromatic rings. The normalized spacial score (nSPS) is 11.9. The summed E-state index contributed by atoms with van der Waals surface area (Å²) in [5.41, 5.74) is 3.15. The van der Waals surface area contributed by atoms with Crippen LogP contribution in [0.1, 0.15) is 41.1 Å². The van der Waals surface area contributed by atoms with Crippen molar-refractivity contribution in [3.63, 3.8) is 0 Å². The van der Waals surface area contributed by atoms with Crippen LogP contribution in [0, 0.1) is 0 Å². The van der Waals surface area contributed by atoms with E-state index in [2.05, 4.69) is 22.5 Å². The number of nitrogens with zero attached hydrogens (tertiary/aromatic N) is 2. The molecule has 35 heavy (non-hydrogen) atoms. The lowest BCUT2D eigenvalue weighted by atomic mass is 10.0. The highest BCUT2D eigenvalue weighted by Crippen LogP contribution is 2.28. The molecule has 180 valence electrons. The van der Waals surface area contributed by atoms with Crippen molar-refractivity contribution in [1.29, 1.82) is 0 Å². The van der Waals surface area contributed by atoms with Crippen molar-refractivity contribution in [2.45, 2.75) is 26.3 Å². The predicted molar refractivity (Wildman–Crippen MR) is 136 cm³/mol. The van der Waals surface area contributed by atoms with Crippen molar-refractivity contribution in [2.24, 2.45) is 0 Å². The molecule has 7 heteroatoms. The monoisotopic (exact) mass is 471 g/mol. The van der Waals surface area contributed by atoms with Gasteiger partial charge in [0.05, 0.1) is 30.6 Å². The molecule has 1 aromatic heterocycles. The van der Waals surface area contributed by atoms with E-state index in [4.69, 9.17) is 9.47 Å². The third-order valence-electron chi connectivity index (χ3n) is 5.81. The number of esters is 1. The summed E-state index contributed by atoms with van der Waals surface area (Å²) in [4.78, 5) is 25.1. The fourth-order valence-corrected chi connectivity index (χ4v) is 3.92. The number of benzene rings is 3. The van der Waals surface area contributed by atoms with Crippen LogP contribution in [0.4, 0.5) is 0 Å². The number of ether oxygens (including phenoxy) is 2. The van der Waals surface area contributed by atoms with Gasteiger partial charge in [-0.15, -0.1) is 0 Å². The van der Waals surface area contributed by atoms with Crippen LogP contribution in [0.5, 0.6) is 0 Å². The Labute approximate surface area is 204 Å². The molecule has 0 fully saturated rings. The van der Waals surface area contributed by atoms with Crippen LogP contribution in [0.15, 0.2) is 72.8 Å². The zero-order chi connectivity index (χ0) is 24.8. The lowest BCUT2D eigenvalue weighted by Crippen LogP contribution is -2.37. The molecule has 0 aliphatic heterocycles. The molecule has 0 aliphatic carbocycles. The quantitative estimate of drug-likeness (QED) is 0.347. The van der Waals surface area contributed by atoms with E-state index in [1.165, 1.54) is 0 Å². The molecule has 3 aromatic carbocycles. The van der Waals surface area contributed by atoms with Gasteiger partial charge in [0, 0.05) is 18.2 Å². The average molecular weight is 472 g/mol. The van der Waals surface area contributed by atoms with Crippen molar-refractivity contribution in [3.05, 3.63) is 84.1 Å². The lowest BCUT2D eigenvalue weighted by Gasteiger charge is -2.16. The molecule has 1 heterocycles. The van der Waals surface area contributed by atoms with Crippen LogP contribution < -0.4 is 5.32 Å². The number of fused-ring (bicyclic) bond motifs is 1. The maximum absolute atomic E-state index is 12.7. The van der Waals surface area contributed by atoms with Gasteiger partial charge >= 0.3 is 5.97 Å². The molecule has 0 radical (unpaired) electrons. The molecule has 1 amide bonds. The molecule has 0 bridgehead atoms. The first-order chi connectivity index (χ1) is 17.0. The van der Waals surface area contributed by atoms with E-state index in [0.29, 0.717) is 12.2 Å². The maximum Gasteiger partial charge on any atom is 0.358 e. The summed E-state index contributed by atoms with van der Waals surface area (Å²) in [6, 6.07) is 23.0. The second-order valence-electron chi connectivity index (χ2n) is 8.19. The Morgan fingerprint density at radius 1 is 0.971 bits per heavy atom. The van der Waals surface area contributed by atoms with Gasteiger partial charge in [-0.2, -0.15) is 5.10 Å². The molecule has 0 saturated carbocycles. The number of hydrogen-bond acceptors (Lipinski definition) is 5. The van der Waals surface area contributed by atoms with Crippen molar-refractivity contribution in [3.8, 4) is 16.9 Å². The number of hydrogen-bond donors (Lipinski definition) is 1. The number of carbonyl (C=O) groups excluding carboxylic acids is 2. The Morgan fingerprint density at radius 2 is 1.71 bits per heavy atom. The van der Waals surface area contributed by atoms with Gasteiger partial charge in [0.2, 0.25) is 0 Å². The number of aromatic nitrogens is 2. The average Bonchev–Trinajstić information content (AvgIpc) is 3.34. The van der Waals surface area contributed by atoms with Crippen LogP contribution in [0.3, 0.4) is 0 Å². The first-order valence-corrected chi connectivity index (χ1v) is 11.7. The zero-order valence-electron chi connectivity index (χ0n) is 20.2. The minimum Gasteiger partial charge on any atom is -0.461 e. The number of amides is 1. The van der Waals surface area contributed by atoms with Gasteiger partial charge in [-0.1, -0.05) is 43.3 Å². The van der Waals surface area contributed by atoms with Gasteiger partial charge in [0.15, 0.2) is 5.69 Å². The van der Waals surface area contributed by atoms with Crippen LogP contribution in [0.2, 0.25) is 0 Å². The maximum atomic E-state index is 12.7. The van der Waals surface area contributed by atoms with Crippen LogP contribution in [-0.2, 0) is 9.47 Å². The van der Waals surface area contributed by atoms with E-state index < -0.39 is 5.97 Å². The smallest absolute Gasteiger partial charge is 0.358 e. The summed E-state index contributed by atoms with van der Waals surface area (Å²) in [6.07, 6.45) is 0.775. The number of methoxy groups -OCH3 is 1. The summed E-state index contributed by atoms with van der Waals surface area (Å²) < 4.78 is 12.0. The molecular formula is C28H29N3O4. The summed E-state index contributed by atoms with van der Waals surface area (Å²) in [5.74, 6) is -0.643. The van der Waals surface area contributed by atoms with Gasteiger partial charge in [-0.3, -0.25) is 4.79 Å². The van der Waals surface area contributed by atoms with Crippen LogP contribution in [-0.4, -0.2) is 48.0 Å². The van der Waals surface area contributed by atoms with Gasteiger partial charge in [0.25, 0.3) is 5.91 Å². The van der Waals surface area contributed by atoms with Gasteiger partial charge in [0.1, 0.15) is 0 Å². The molecule has 4 rings (SSSR count). The van der Waals surface area contributed by atoms with Crippen molar-refractivity contribution in [2.75, 3.05) is 20.3 Å². The Kier molecular flexibility index (Phi) is 7.57. The number of nitrogens with one attached hydrogen (secondary N) is 1. The minimum atomic E-state index is -0.479. The largest absolute Gasteiger partial charge is 0.461 e. The number of carbonyl (C=O) groups is 2. The fraction of sp³-hybridized carbons (Fsp3) is 0.250. The third kappa shape index (κ3) is 5.41. The van der Waals surface area contributed by atoms with E-state index in [-0.39, 0.29) is 24.2 Å². The Balaban J connectivity index is 1.70. The second-order valence-corrected chi connectivity index (χ2v) is 8.19. The van der Waals surface area contributed by atoms with Crippen molar-refractivity contribution >= 4 is 22.6 Å². The van der Waals surface area contributed by atoms with Crippen LogP contribution in [0.25, 0.3) is 27.7 Å². The molecule has 1 N–H and O–H groups in total. The van der Waals surface area contributed by atoms with Crippen LogP contribution >= 0.6 is 0 Å². The van der Waals surface area contributed by atoms with E-state index in [0.717, 1.165) is 34.1 Å². The highest BCUT2D eigenvalue weighted by atomic mass is 16.5.